The lowest BCUT2D eigenvalue weighted by Gasteiger charge is -2.25. The molecule has 0 radical (unpaired) electrons. The van der Waals surface area contributed by atoms with E-state index in [9.17, 15) is 4.21 Å². The van der Waals surface area contributed by atoms with Gasteiger partial charge in [0.05, 0.1) is 44.0 Å². The van der Waals surface area contributed by atoms with Gasteiger partial charge in [-0.15, -0.1) is 11.3 Å². The Hall–Kier alpha value is -3.05. The molecule has 3 heterocycles. The zero-order valence-corrected chi connectivity index (χ0v) is 23.5. The Bertz CT molecular complexity index is 1400. The number of likely N-dealkylation sites (tertiary alicyclic amines) is 1. The van der Waals surface area contributed by atoms with Gasteiger partial charge in [-0.1, -0.05) is 6.07 Å². The second-order valence-corrected chi connectivity index (χ2v) is 11.3. The molecule has 1 saturated heterocycles. The second kappa shape index (κ2) is 12.2. The predicted molar refractivity (Wildman–Crippen MR) is 151 cm³/mol. The van der Waals surface area contributed by atoms with Gasteiger partial charge in [0.15, 0.2) is 16.1 Å². The van der Waals surface area contributed by atoms with Gasteiger partial charge in [0.25, 0.3) is 0 Å². The topological polar surface area (TPSA) is 77.0 Å². The molecule has 4 aromatic rings. The molecule has 0 aliphatic carbocycles. The molecule has 1 fully saturated rings. The zero-order valence-electron chi connectivity index (χ0n) is 21.8. The van der Waals surface area contributed by atoms with Crippen LogP contribution in [0.2, 0.25) is 0 Å². The maximum Gasteiger partial charge on any atom is 0.197 e. The summed E-state index contributed by atoms with van der Waals surface area (Å²) >= 11 is 1.45. The minimum atomic E-state index is -1.50. The number of aromatic nitrogens is 2. The molecule has 38 heavy (non-hydrogen) atoms. The Morgan fingerprint density at radius 2 is 1.97 bits per heavy atom. The molecule has 8 nitrogen and oxygen atoms in total. The van der Waals surface area contributed by atoms with E-state index in [1.807, 2.05) is 52.3 Å². The SMILES string of the molecule is COCCN1CCCC1c1nccc2cc(S(=O)N(Cc3ccc(OC)cc3OC)c3nccs3)ccc12. The van der Waals surface area contributed by atoms with Crippen LogP contribution >= 0.6 is 11.3 Å². The molecule has 0 bridgehead atoms. The number of benzene rings is 2. The standard InChI is InChI=1S/C28H32N4O4S2/c1-34-15-14-31-13-4-5-25(31)27-24-9-8-23(17-20(24)10-11-29-27)38(33)32(28-30-12-16-37-28)19-21-6-7-22(35-2)18-26(21)36-3/h6-12,16-18,25H,4-5,13-15,19H2,1-3H3. The van der Waals surface area contributed by atoms with Gasteiger partial charge < -0.3 is 14.2 Å². The number of rotatable bonds is 11. The lowest BCUT2D eigenvalue weighted by molar-refractivity contribution is 0.140. The largest absolute Gasteiger partial charge is 0.497 e. The quantitative estimate of drug-likeness (QED) is 0.252. The van der Waals surface area contributed by atoms with Crippen LogP contribution in [0.25, 0.3) is 10.8 Å². The maximum absolute atomic E-state index is 14.0. The highest BCUT2D eigenvalue weighted by Crippen LogP contribution is 2.36. The van der Waals surface area contributed by atoms with E-state index in [0.29, 0.717) is 34.7 Å². The van der Waals surface area contributed by atoms with Crippen LogP contribution in [-0.2, 0) is 22.3 Å². The highest BCUT2D eigenvalue weighted by molar-refractivity contribution is 7.86. The lowest BCUT2D eigenvalue weighted by atomic mass is 10.0. The zero-order chi connectivity index (χ0) is 26.5. The Morgan fingerprint density at radius 1 is 1.08 bits per heavy atom. The molecule has 2 aromatic heterocycles. The maximum atomic E-state index is 14.0. The van der Waals surface area contributed by atoms with Gasteiger partial charge >= 0.3 is 0 Å². The van der Waals surface area contributed by atoms with Crippen molar-refractivity contribution in [1.82, 2.24) is 14.9 Å². The molecule has 0 amide bonds. The van der Waals surface area contributed by atoms with Gasteiger partial charge in [-0.3, -0.25) is 14.2 Å². The number of pyridine rings is 1. The first kappa shape index (κ1) is 26.6. The van der Waals surface area contributed by atoms with Crippen molar-refractivity contribution in [3.05, 3.63) is 71.5 Å². The fraction of sp³-hybridized carbons (Fsp3) is 0.357. The minimum Gasteiger partial charge on any atom is -0.497 e. The van der Waals surface area contributed by atoms with Crippen molar-refractivity contribution >= 4 is 38.2 Å². The molecule has 0 spiro atoms. The van der Waals surface area contributed by atoms with Gasteiger partial charge in [-0.05, 0) is 55.1 Å². The average molecular weight is 553 g/mol. The van der Waals surface area contributed by atoms with Crippen molar-refractivity contribution in [2.75, 3.05) is 45.3 Å². The molecule has 10 heteroatoms. The summed E-state index contributed by atoms with van der Waals surface area (Å²) in [6, 6.07) is 13.9. The normalized spacial score (nSPS) is 16.6. The van der Waals surface area contributed by atoms with E-state index < -0.39 is 11.0 Å². The number of fused-ring (bicyclic) bond motifs is 1. The van der Waals surface area contributed by atoms with Crippen LogP contribution < -0.4 is 13.8 Å². The van der Waals surface area contributed by atoms with Crippen LogP contribution in [0, 0.1) is 0 Å². The van der Waals surface area contributed by atoms with E-state index in [2.05, 4.69) is 16.0 Å². The van der Waals surface area contributed by atoms with E-state index in [4.69, 9.17) is 19.2 Å². The van der Waals surface area contributed by atoms with E-state index in [1.165, 1.54) is 11.3 Å². The van der Waals surface area contributed by atoms with Crippen LogP contribution in [0.15, 0.2) is 65.1 Å². The van der Waals surface area contributed by atoms with Crippen molar-refractivity contribution in [2.45, 2.75) is 30.3 Å². The molecule has 2 atom stereocenters. The number of hydrogen-bond acceptors (Lipinski definition) is 8. The van der Waals surface area contributed by atoms with Crippen LogP contribution in [-0.4, -0.2) is 60.1 Å². The molecule has 5 rings (SSSR count). The third kappa shape index (κ3) is 5.54. The smallest absolute Gasteiger partial charge is 0.197 e. The summed E-state index contributed by atoms with van der Waals surface area (Å²) in [5.74, 6) is 1.38. The van der Waals surface area contributed by atoms with Crippen molar-refractivity contribution in [1.29, 1.82) is 0 Å². The van der Waals surface area contributed by atoms with E-state index in [0.717, 1.165) is 48.0 Å². The highest BCUT2D eigenvalue weighted by atomic mass is 32.2. The summed E-state index contributed by atoms with van der Waals surface area (Å²) in [6.45, 7) is 3.00. The Labute approximate surface area is 229 Å². The monoisotopic (exact) mass is 552 g/mol. The third-order valence-electron chi connectivity index (χ3n) is 6.87. The van der Waals surface area contributed by atoms with Crippen LogP contribution in [0.5, 0.6) is 11.5 Å². The summed E-state index contributed by atoms with van der Waals surface area (Å²) < 4.78 is 32.1. The number of anilines is 1. The molecule has 1 aliphatic rings. The first-order valence-corrected chi connectivity index (χ1v) is 14.5. The fourth-order valence-corrected chi connectivity index (χ4v) is 6.96. The number of methoxy groups -OCH3 is 3. The average Bonchev–Trinajstić information content (AvgIpc) is 3.66. The molecule has 0 saturated carbocycles. The summed E-state index contributed by atoms with van der Waals surface area (Å²) in [4.78, 5) is 12.4. The molecular weight excluding hydrogens is 520 g/mol. The molecule has 2 aromatic carbocycles. The fourth-order valence-electron chi connectivity index (χ4n) is 4.97. The minimum absolute atomic E-state index is 0.263. The summed E-state index contributed by atoms with van der Waals surface area (Å²) in [5.41, 5.74) is 1.97. The van der Waals surface area contributed by atoms with Crippen molar-refractivity contribution < 1.29 is 18.4 Å². The van der Waals surface area contributed by atoms with Gasteiger partial charge in [0, 0.05) is 48.4 Å². The molecule has 2 unspecified atom stereocenters. The highest BCUT2D eigenvalue weighted by Gasteiger charge is 2.28. The molecule has 200 valence electrons. The summed E-state index contributed by atoms with van der Waals surface area (Å²) in [5, 5.41) is 4.69. The summed E-state index contributed by atoms with van der Waals surface area (Å²) in [7, 11) is 3.49. The third-order valence-corrected chi connectivity index (χ3v) is 9.14. The van der Waals surface area contributed by atoms with E-state index in [-0.39, 0.29) is 6.04 Å². The van der Waals surface area contributed by atoms with Gasteiger partial charge in [-0.25, -0.2) is 9.19 Å². The Balaban J connectivity index is 1.47. The molecule has 0 N–H and O–H groups in total. The Morgan fingerprint density at radius 3 is 2.74 bits per heavy atom. The van der Waals surface area contributed by atoms with Crippen LogP contribution in [0.4, 0.5) is 5.13 Å². The molecular formula is C28H32N4O4S2. The van der Waals surface area contributed by atoms with E-state index in [1.54, 1.807) is 27.5 Å². The number of nitrogens with zero attached hydrogens (tertiary/aromatic N) is 4. The predicted octanol–water partition coefficient (Wildman–Crippen LogP) is 5.22. The second-order valence-electron chi connectivity index (χ2n) is 9.04. The number of hydrogen-bond donors (Lipinski definition) is 0. The van der Waals surface area contributed by atoms with Gasteiger partial charge in [0.2, 0.25) is 0 Å². The Kier molecular flexibility index (Phi) is 8.53. The first-order chi connectivity index (χ1) is 18.6. The van der Waals surface area contributed by atoms with Crippen LogP contribution in [0.3, 0.4) is 0 Å². The van der Waals surface area contributed by atoms with E-state index >= 15 is 0 Å². The summed E-state index contributed by atoms with van der Waals surface area (Å²) in [6.07, 6.45) is 5.81. The van der Waals surface area contributed by atoms with Gasteiger partial charge in [0.1, 0.15) is 11.5 Å². The van der Waals surface area contributed by atoms with Crippen molar-refractivity contribution in [3.8, 4) is 11.5 Å². The first-order valence-electron chi connectivity index (χ1n) is 12.5. The van der Waals surface area contributed by atoms with Gasteiger partial charge in [-0.2, -0.15) is 0 Å². The lowest BCUT2D eigenvalue weighted by Crippen LogP contribution is -2.27. The number of ether oxygens (including phenoxy) is 3. The number of thiazole rings is 1. The van der Waals surface area contributed by atoms with Crippen molar-refractivity contribution in [3.63, 3.8) is 0 Å². The molecule has 1 aliphatic heterocycles. The van der Waals surface area contributed by atoms with Crippen LogP contribution in [0.1, 0.15) is 30.1 Å². The van der Waals surface area contributed by atoms with Crippen molar-refractivity contribution in [2.24, 2.45) is 0 Å².